The monoisotopic (exact) mass is 339 g/mol. The van der Waals surface area contributed by atoms with E-state index in [0.717, 1.165) is 11.3 Å². The summed E-state index contributed by atoms with van der Waals surface area (Å²) in [5.41, 5.74) is 0.695. The van der Waals surface area contributed by atoms with Crippen molar-refractivity contribution < 1.29 is 14.3 Å². The number of benzene rings is 1. The maximum atomic E-state index is 12.5. The van der Waals surface area contributed by atoms with E-state index in [0.29, 0.717) is 31.7 Å². The molecule has 25 heavy (non-hydrogen) atoms. The predicted molar refractivity (Wildman–Crippen MR) is 92.6 cm³/mol. The zero-order chi connectivity index (χ0) is 17.7. The lowest BCUT2D eigenvalue weighted by Gasteiger charge is -2.16. The summed E-state index contributed by atoms with van der Waals surface area (Å²) in [6.45, 7) is 0.652. The van der Waals surface area contributed by atoms with Crippen LogP contribution in [0.3, 0.4) is 0 Å². The van der Waals surface area contributed by atoms with Crippen molar-refractivity contribution in [1.82, 2.24) is 15.6 Å². The Morgan fingerprint density at radius 3 is 2.36 bits per heavy atom. The van der Waals surface area contributed by atoms with Gasteiger partial charge in [-0.2, -0.15) is 0 Å². The number of nitrogens with zero attached hydrogens (tertiary/aromatic N) is 1. The average molecular weight is 339 g/mol. The summed E-state index contributed by atoms with van der Waals surface area (Å²) in [6, 6.07) is 13.0. The number of carbonyl (C=O) groups excluding carboxylic acids is 2. The van der Waals surface area contributed by atoms with Gasteiger partial charge in [-0.25, -0.2) is 0 Å². The van der Waals surface area contributed by atoms with Gasteiger partial charge in [0, 0.05) is 18.3 Å². The second-order valence-corrected chi connectivity index (χ2v) is 6.08. The molecule has 1 aromatic heterocycles. The molecule has 3 rings (SSSR count). The Balaban J connectivity index is 1.56. The van der Waals surface area contributed by atoms with E-state index >= 15 is 0 Å². The van der Waals surface area contributed by atoms with Crippen LogP contribution in [0.1, 0.15) is 24.1 Å². The van der Waals surface area contributed by atoms with Gasteiger partial charge in [0.05, 0.1) is 19.3 Å². The molecule has 1 aromatic carbocycles. The first-order valence-corrected chi connectivity index (χ1v) is 8.24. The van der Waals surface area contributed by atoms with Gasteiger partial charge in [0.2, 0.25) is 11.8 Å². The van der Waals surface area contributed by atoms with Crippen LogP contribution in [0.5, 0.6) is 5.75 Å². The van der Waals surface area contributed by atoms with E-state index in [9.17, 15) is 9.59 Å². The number of aromatic nitrogens is 1. The maximum absolute atomic E-state index is 12.5. The van der Waals surface area contributed by atoms with Crippen LogP contribution < -0.4 is 15.4 Å². The third kappa shape index (κ3) is 3.79. The lowest BCUT2D eigenvalue weighted by atomic mass is 10.0. The van der Waals surface area contributed by atoms with E-state index in [1.807, 2.05) is 42.5 Å². The molecule has 1 aliphatic carbocycles. The Morgan fingerprint density at radius 2 is 1.72 bits per heavy atom. The first kappa shape index (κ1) is 17.0. The highest BCUT2D eigenvalue weighted by Gasteiger charge is 2.56. The SMILES string of the molecule is COc1ccccc1CNC(=O)C1(C(=O)NCc2ccccn2)CC1. The van der Waals surface area contributed by atoms with Gasteiger partial charge in [0.25, 0.3) is 0 Å². The number of methoxy groups -OCH3 is 1. The van der Waals surface area contributed by atoms with E-state index in [-0.39, 0.29) is 11.8 Å². The van der Waals surface area contributed by atoms with Crippen molar-refractivity contribution >= 4 is 11.8 Å². The third-order valence-corrected chi connectivity index (χ3v) is 4.41. The minimum Gasteiger partial charge on any atom is -0.496 e. The molecular formula is C19H21N3O3. The first-order chi connectivity index (χ1) is 12.2. The minimum atomic E-state index is -0.948. The summed E-state index contributed by atoms with van der Waals surface area (Å²) in [5, 5.41) is 5.68. The number of hydrogen-bond donors (Lipinski definition) is 2. The molecule has 0 bridgehead atoms. The van der Waals surface area contributed by atoms with E-state index in [4.69, 9.17) is 4.74 Å². The highest BCUT2D eigenvalue weighted by atomic mass is 16.5. The van der Waals surface area contributed by atoms with Gasteiger partial charge < -0.3 is 15.4 Å². The van der Waals surface area contributed by atoms with Crippen LogP contribution in [-0.2, 0) is 22.7 Å². The summed E-state index contributed by atoms with van der Waals surface area (Å²) >= 11 is 0. The van der Waals surface area contributed by atoms with Crippen molar-refractivity contribution in [1.29, 1.82) is 0 Å². The summed E-state index contributed by atoms with van der Waals surface area (Å²) in [6.07, 6.45) is 2.81. The number of rotatable bonds is 7. The van der Waals surface area contributed by atoms with Gasteiger partial charge in [0.15, 0.2) is 0 Å². The van der Waals surface area contributed by atoms with Crippen molar-refractivity contribution in [3.63, 3.8) is 0 Å². The Morgan fingerprint density at radius 1 is 1.04 bits per heavy atom. The molecule has 1 aliphatic rings. The normalized spacial score (nSPS) is 14.4. The number of pyridine rings is 1. The van der Waals surface area contributed by atoms with Crippen molar-refractivity contribution in [2.45, 2.75) is 25.9 Å². The molecule has 2 amide bonds. The Kier molecular flexibility index (Phi) is 4.97. The standard InChI is InChI=1S/C19H21N3O3/c1-25-16-8-3-2-6-14(16)12-21-17(23)19(9-10-19)18(24)22-13-15-7-4-5-11-20-15/h2-8,11H,9-10,12-13H2,1H3,(H,21,23)(H,22,24). The van der Waals surface area contributed by atoms with E-state index in [1.165, 1.54) is 0 Å². The van der Waals surface area contributed by atoms with E-state index in [1.54, 1.807) is 13.3 Å². The molecule has 2 N–H and O–H groups in total. The molecule has 6 nitrogen and oxygen atoms in total. The maximum Gasteiger partial charge on any atom is 0.236 e. The summed E-state index contributed by atoms with van der Waals surface area (Å²) < 4.78 is 5.28. The van der Waals surface area contributed by atoms with Gasteiger partial charge in [-0.3, -0.25) is 14.6 Å². The Hall–Kier alpha value is -2.89. The van der Waals surface area contributed by atoms with E-state index in [2.05, 4.69) is 15.6 Å². The summed E-state index contributed by atoms with van der Waals surface area (Å²) in [7, 11) is 1.59. The van der Waals surface area contributed by atoms with Crippen molar-refractivity contribution in [3.05, 3.63) is 59.9 Å². The Bertz CT molecular complexity index is 758. The fourth-order valence-electron chi connectivity index (χ4n) is 2.72. The van der Waals surface area contributed by atoms with Crippen molar-refractivity contribution in [3.8, 4) is 5.75 Å². The lowest BCUT2D eigenvalue weighted by Crippen LogP contribution is -2.42. The van der Waals surface area contributed by atoms with Crippen molar-refractivity contribution in [2.24, 2.45) is 5.41 Å². The lowest BCUT2D eigenvalue weighted by molar-refractivity contribution is -0.137. The highest BCUT2D eigenvalue weighted by Crippen LogP contribution is 2.46. The number of amides is 2. The third-order valence-electron chi connectivity index (χ3n) is 4.41. The summed E-state index contributed by atoms with van der Waals surface area (Å²) in [5.74, 6) is 0.236. The average Bonchev–Trinajstić information content (AvgIpc) is 3.47. The molecule has 1 fully saturated rings. The number of ether oxygens (including phenoxy) is 1. The second kappa shape index (κ2) is 7.34. The number of para-hydroxylation sites is 1. The topological polar surface area (TPSA) is 80.3 Å². The van der Waals surface area contributed by atoms with Gasteiger partial charge in [-0.1, -0.05) is 24.3 Å². The first-order valence-electron chi connectivity index (χ1n) is 8.24. The van der Waals surface area contributed by atoms with Crippen LogP contribution >= 0.6 is 0 Å². The number of carbonyl (C=O) groups is 2. The molecule has 2 aromatic rings. The zero-order valence-corrected chi connectivity index (χ0v) is 14.1. The van der Waals surface area contributed by atoms with Crippen LogP contribution in [0.15, 0.2) is 48.7 Å². The van der Waals surface area contributed by atoms with E-state index < -0.39 is 5.41 Å². The van der Waals surface area contributed by atoms with Crippen LogP contribution in [0, 0.1) is 5.41 Å². The van der Waals surface area contributed by atoms with Gasteiger partial charge in [-0.05, 0) is 31.0 Å². The molecule has 0 atom stereocenters. The molecular weight excluding hydrogens is 318 g/mol. The van der Waals surface area contributed by atoms with Crippen LogP contribution in [0.2, 0.25) is 0 Å². The Labute approximate surface area is 146 Å². The van der Waals surface area contributed by atoms with Gasteiger partial charge in [0.1, 0.15) is 11.2 Å². The molecule has 1 heterocycles. The summed E-state index contributed by atoms with van der Waals surface area (Å²) in [4.78, 5) is 29.1. The molecule has 0 aliphatic heterocycles. The van der Waals surface area contributed by atoms with Gasteiger partial charge in [-0.15, -0.1) is 0 Å². The molecule has 0 saturated heterocycles. The molecule has 130 valence electrons. The van der Waals surface area contributed by atoms with Crippen LogP contribution in [0.4, 0.5) is 0 Å². The molecule has 1 saturated carbocycles. The van der Waals surface area contributed by atoms with Crippen LogP contribution in [-0.4, -0.2) is 23.9 Å². The largest absolute Gasteiger partial charge is 0.496 e. The number of hydrogen-bond acceptors (Lipinski definition) is 4. The smallest absolute Gasteiger partial charge is 0.236 e. The second-order valence-electron chi connectivity index (χ2n) is 6.08. The quantitative estimate of drug-likeness (QED) is 0.754. The van der Waals surface area contributed by atoms with Crippen molar-refractivity contribution in [2.75, 3.05) is 7.11 Å². The molecule has 0 radical (unpaired) electrons. The van der Waals surface area contributed by atoms with Gasteiger partial charge >= 0.3 is 0 Å². The predicted octanol–water partition coefficient (Wildman–Crippen LogP) is 1.80. The molecule has 0 spiro atoms. The molecule has 0 unspecified atom stereocenters. The fourth-order valence-corrected chi connectivity index (χ4v) is 2.72. The highest BCUT2D eigenvalue weighted by molar-refractivity contribution is 6.07. The molecule has 6 heteroatoms. The minimum absolute atomic E-state index is 0.239. The van der Waals surface area contributed by atoms with Crippen LogP contribution in [0.25, 0.3) is 0 Å². The fraction of sp³-hybridized carbons (Fsp3) is 0.316. The number of nitrogens with one attached hydrogen (secondary N) is 2. The zero-order valence-electron chi connectivity index (χ0n) is 14.1.